The summed E-state index contributed by atoms with van der Waals surface area (Å²) < 4.78 is 5.31. The minimum atomic E-state index is -0.144. The third-order valence-electron chi connectivity index (χ3n) is 5.74. The third-order valence-corrected chi connectivity index (χ3v) is 5.74. The number of likely N-dealkylation sites (tertiary alicyclic amines) is 1. The summed E-state index contributed by atoms with van der Waals surface area (Å²) in [7, 11) is 3.78. The summed E-state index contributed by atoms with van der Waals surface area (Å²) in [4.78, 5) is 28.0. The molecule has 3 heterocycles. The first-order valence-corrected chi connectivity index (χ1v) is 9.63. The van der Waals surface area contributed by atoms with Crippen molar-refractivity contribution in [2.45, 2.75) is 38.3 Å². The van der Waals surface area contributed by atoms with Gasteiger partial charge in [-0.3, -0.25) is 13.9 Å². The first kappa shape index (κ1) is 17.6. The van der Waals surface area contributed by atoms with Crippen LogP contribution in [0.3, 0.4) is 0 Å². The number of aryl methyl sites for hydroxylation is 2. The van der Waals surface area contributed by atoms with Gasteiger partial charge in [-0.2, -0.15) is 0 Å². The van der Waals surface area contributed by atoms with Crippen LogP contribution < -0.4 is 5.69 Å². The highest BCUT2D eigenvalue weighted by molar-refractivity contribution is 5.81. The number of benzene rings is 1. The minimum Gasteiger partial charge on any atom is -0.353 e. The maximum Gasteiger partial charge on any atom is 0.329 e. The average Bonchev–Trinajstić information content (AvgIpc) is 3.08. The Morgan fingerprint density at radius 2 is 1.81 bits per heavy atom. The third kappa shape index (κ3) is 3.09. The maximum absolute atomic E-state index is 13.3. The van der Waals surface area contributed by atoms with E-state index in [2.05, 4.69) is 10.6 Å². The van der Waals surface area contributed by atoms with Crippen molar-refractivity contribution in [1.29, 1.82) is 0 Å². The Morgan fingerprint density at radius 3 is 2.56 bits per heavy atom. The van der Waals surface area contributed by atoms with Gasteiger partial charge in [0.1, 0.15) is 6.54 Å². The molecule has 0 bridgehead atoms. The summed E-state index contributed by atoms with van der Waals surface area (Å²) >= 11 is 0. The number of rotatable bonds is 3. The Morgan fingerprint density at radius 1 is 1.04 bits per heavy atom. The molecule has 1 amide bonds. The van der Waals surface area contributed by atoms with E-state index in [1.165, 1.54) is 0 Å². The van der Waals surface area contributed by atoms with Crippen LogP contribution in [-0.4, -0.2) is 31.1 Å². The van der Waals surface area contributed by atoms with Crippen molar-refractivity contribution in [3.8, 4) is 0 Å². The van der Waals surface area contributed by atoms with E-state index in [4.69, 9.17) is 0 Å². The predicted molar refractivity (Wildman–Crippen MR) is 106 cm³/mol. The van der Waals surface area contributed by atoms with Crippen LogP contribution in [0.25, 0.3) is 11.0 Å². The lowest BCUT2D eigenvalue weighted by Crippen LogP contribution is -2.39. The number of fused-ring (bicyclic) bond motifs is 1. The summed E-state index contributed by atoms with van der Waals surface area (Å²) in [6.07, 6.45) is 6.26. The van der Waals surface area contributed by atoms with Gasteiger partial charge in [-0.25, -0.2) is 4.79 Å². The molecule has 0 radical (unpaired) electrons. The minimum absolute atomic E-state index is 0.0153. The first-order valence-electron chi connectivity index (χ1n) is 9.63. The van der Waals surface area contributed by atoms with Gasteiger partial charge in [-0.1, -0.05) is 25.0 Å². The molecule has 3 aromatic rings. The number of imidazole rings is 1. The Hall–Kier alpha value is -2.76. The molecule has 1 aliphatic heterocycles. The molecule has 1 unspecified atom stereocenters. The largest absolute Gasteiger partial charge is 0.353 e. The first-order chi connectivity index (χ1) is 13.1. The van der Waals surface area contributed by atoms with Gasteiger partial charge in [0.15, 0.2) is 0 Å². The van der Waals surface area contributed by atoms with Crippen LogP contribution in [0.15, 0.2) is 47.4 Å². The predicted octanol–water partition coefficient (Wildman–Crippen LogP) is 2.82. The van der Waals surface area contributed by atoms with Crippen molar-refractivity contribution in [3.63, 3.8) is 0 Å². The average molecular weight is 366 g/mol. The van der Waals surface area contributed by atoms with Crippen molar-refractivity contribution < 1.29 is 4.79 Å². The summed E-state index contributed by atoms with van der Waals surface area (Å²) in [5.41, 5.74) is 2.68. The molecule has 1 aliphatic rings. The van der Waals surface area contributed by atoms with Gasteiger partial charge >= 0.3 is 5.69 Å². The molecule has 27 heavy (non-hydrogen) atoms. The highest BCUT2D eigenvalue weighted by Gasteiger charge is 2.29. The Labute approximate surface area is 158 Å². The maximum atomic E-state index is 13.3. The van der Waals surface area contributed by atoms with Gasteiger partial charge in [-0.15, -0.1) is 0 Å². The molecule has 6 heteroatoms. The zero-order valence-corrected chi connectivity index (χ0v) is 16.0. The lowest BCUT2D eigenvalue weighted by atomic mass is 10.1. The SMILES string of the molecule is Cn1cccc1C1CCCCCN1C(=O)Cn1c(=O)n(C)c2ccccc21. The normalized spacial score (nSPS) is 18.0. The summed E-state index contributed by atoms with van der Waals surface area (Å²) in [6, 6.07) is 11.8. The van der Waals surface area contributed by atoms with Gasteiger partial charge in [0, 0.05) is 32.5 Å². The zero-order chi connectivity index (χ0) is 19.0. The van der Waals surface area contributed by atoms with E-state index in [-0.39, 0.29) is 24.2 Å². The second-order valence-corrected chi connectivity index (χ2v) is 7.41. The second kappa shape index (κ2) is 7.10. The molecule has 6 nitrogen and oxygen atoms in total. The van der Waals surface area contributed by atoms with Gasteiger partial charge in [0.2, 0.25) is 5.91 Å². The van der Waals surface area contributed by atoms with Crippen molar-refractivity contribution >= 4 is 16.9 Å². The lowest BCUT2D eigenvalue weighted by molar-refractivity contribution is -0.134. The molecule has 142 valence electrons. The number of aromatic nitrogens is 3. The number of amides is 1. The molecule has 1 fully saturated rings. The van der Waals surface area contributed by atoms with Crippen LogP contribution in [0.1, 0.15) is 37.4 Å². The quantitative estimate of drug-likeness (QED) is 0.716. The molecule has 1 aromatic carbocycles. The van der Waals surface area contributed by atoms with Crippen molar-refractivity contribution in [2.24, 2.45) is 14.1 Å². The van der Waals surface area contributed by atoms with Gasteiger partial charge in [0.25, 0.3) is 0 Å². The molecule has 0 saturated carbocycles. The van der Waals surface area contributed by atoms with Crippen LogP contribution in [0.4, 0.5) is 0 Å². The molecule has 4 rings (SSSR count). The van der Waals surface area contributed by atoms with Crippen LogP contribution in [0, 0.1) is 0 Å². The Bertz CT molecular complexity index is 1030. The van der Waals surface area contributed by atoms with Gasteiger partial charge < -0.3 is 9.47 Å². The molecular weight excluding hydrogens is 340 g/mol. The van der Waals surface area contributed by atoms with Crippen LogP contribution in [-0.2, 0) is 25.4 Å². The number of hydrogen-bond acceptors (Lipinski definition) is 2. The van der Waals surface area contributed by atoms with E-state index in [1.807, 2.05) is 48.5 Å². The van der Waals surface area contributed by atoms with E-state index in [0.717, 1.165) is 49.0 Å². The second-order valence-electron chi connectivity index (χ2n) is 7.41. The highest BCUT2D eigenvalue weighted by atomic mass is 16.2. The highest BCUT2D eigenvalue weighted by Crippen LogP contribution is 2.30. The fourth-order valence-corrected chi connectivity index (χ4v) is 4.28. The van der Waals surface area contributed by atoms with E-state index in [0.29, 0.717) is 0 Å². The van der Waals surface area contributed by atoms with Crippen LogP contribution in [0.5, 0.6) is 0 Å². The fourth-order valence-electron chi connectivity index (χ4n) is 4.28. The molecular formula is C21H26N4O2. The monoisotopic (exact) mass is 366 g/mol. The van der Waals surface area contributed by atoms with E-state index >= 15 is 0 Å². The number of carbonyl (C=O) groups is 1. The molecule has 0 N–H and O–H groups in total. The standard InChI is InChI=1S/C21H26N4O2/c1-22-13-8-12-16(22)18-10-4-3-7-14-24(18)20(26)15-25-19-11-6-5-9-17(19)23(2)21(25)27/h5-6,8-9,11-13,18H,3-4,7,10,14-15H2,1-2H3. The van der Waals surface area contributed by atoms with Gasteiger partial charge in [-0.05, 0) is 37.1 Å². The molecule has 0 aliphatic carbocycles. The van der Waals surface area contributed by atoms with E-state index in [9.17, 15) is 9.59 Å². The van der Waals surface area contributed by atoms with Crippen molar-refractivity contribution in [3.05, 3.63) is 58.8 Å². The molecule has 2 aromatic heterocycles. The number of para-hydroxylation sites is 2. The van der Waals surface area contributed by atoms with Crippen LogP contribution >= 0.6 is 0 Å². The van der Waals surface area contributed by atoms with Crippen LogP contribution in [0.2, 0.25) is 0 Å². The fraction of sp³-hybridized carbons (Fsp3) is 0.429. The van der Waals surface area contributed by atoms with E-state index in [1.54, 1.807) is 16.2 Å². The number of hydrogen-bond donors (Lipinski definition) is 0. The van der Waals surface area contributed by atoms with Crippen molar-refractivity contribution in [1.82, 2.24) is 18.6 Å². The van der Waals surface area contributed by atoms with E-state index < -0.39 is 0 Å². The molecule has 1 saturated heterocycles. The van der Waals surface area contributed by atoms with Gasteiger partial charge in [0.05, 0.1) is 17.1 Å². The Balaban J connectivity index is 1.68. The molecule has 0 spiro atoms. The summed E-state index contributed by atoms with van der Waals surface area (Å²) in [6.45, 7) is 0.829. The summed E-state index contributed by atoms with van der Waals surface area (Å²) in [5.74, 6) is 0.0153. The molecule has 1 atom stereocenters. The zero-order valence-electron chi connectivity index (χ0n) is 16.0. The number of nitrogens with zero attached hydrogens (tertiary/aromatic N) is 4. The topological polar surface area (TPSA) is 52.2 Å². The number of carbonyl (C=O) groups excluding carboxylic acids is 1. The van der Waals surface area contributed by atoms with Crippen molar-refractivity contribution in [2.75, 3.05) is 6.54 Å². The summed E-state index contributed by atoms with van der Waals surface area (Å²) in [5, 5.41) is 0. The Kier molecular flexibility index (Phi) is 4.64. The smallest absolute Gasteiger partial charge is 0.329 e. The lowest BCUT2D eigenvalue weighted by Gasteiger charge is -2.30.